The van der Waals surface area contributed by atoms with Gasteiger partial charge in [0.2, 0.25) is 0 Å². The predicted octanol–water partition coefficient (Wildman–Crippen LogP) is 2.65. The smallest absolute Gasteiger partial charge is 0.290 e. The molecule has 1 amide bonds. The average Bonchev–Trinajstić information content (AvgIpc) is 3.41. The number of furan rings is 1. The quantitative estimate of drug-likeness (QED) is 0.520. The lowest BCUT2D eigenvalue weighted by Crippen LogP contribution is -2.55. The number of hydrogen-bond donors (Lipinski definition) is 3. The highest BCUT2D eigenvalue weighted by atomic mass is 16.3. The first kappa shape index (κ1) is 23.0. The first-order valence-corrected chi connectivity index (χ1v) is 11.2. The summed E-state index contributed by atoms with van der Waals surface area (Å²) in [5.74, 6) is 1.88. The number of hydrogen-bond acceptors (Lipinski definition) is 6. The number of likely N-dealkylation sites (tertiary alicyclic amines) is 2. The minimum atomic E-state index is -0.482. The molecule has 3 aromatic heterocycles. The number of piperidine rings is 2. The molecule has 2 aliphatic rings. The molecule has 0 saturated carbocycles. The normalized spacial score (nSPS) is 20.4. The lowest BCUT2D eigenvalue weighted by molar-refractivity contribution is -0.122. The molecule has 9 heteroatoms. The molecule has 3 aromatic rings. The van der Waals surface area contributed by atoms with Crippen LogP contribution in [-0.4, -0.2) is 74.6 Å². The summed E-state index contributed by atoms with van der Waals surface area (Å²) in [5, 5.41) is 17.5. The molecule has 0 radical (unpaired) electrons. The fourth-order valence-electron chi connectivity index (χ4n) is 5.09. The number of fused-ring (bicyclic) bond motifs is 1. The molecule has 1 atom stereocenters. The number of carboxylic acid groups (broad SMARTS) is 1. The first-order valence-electron chi connectivity index (χ1n) is 11.2. The fourth-order valence-corrected chi connectivity index (χ4v) is 5.09. The van der Waals surface area contributed by atoms with E-state index in [1.54, 1.807) is 12.3 Å². The Bertz CT molecular complexity index is 1070. The molecular weight excluding hydrogens is 424 g/mol. The summed E-state index contributed by atoms with van der Waals surface area (Å²) < 4.78 is 5.72. The van der Waals surface area contributed by atoms with E-state index in [4.69, 9.17) is 14.3 Å². The maximum absolute atomic E-state index is 13.2. The average molecular weight is 455 g/mol. The van der Waals surface area contributed by atoms with Crippen LogP contribution in [0.1, 0.15) is 41.3 Å². The van der Waals surface area contributed by atoms with E-state index in [1.165, 1.54) is 0 Å². The molecule has 1 spiro atoms. The van der Waals surface area contributed by atoms with Crippen molar-refractivity contribution >= 4 is 23.4 Å². The number of amides is 1. The van der Waals surface area contributed by atoms with Crippen LogP contribution in [0.5, 0.6) is 0 Å². The van der Waals surface area contributed by atoms with Crippen molar-refractivity contribution in [2.75, 3.05) is 26.2 Å². The zero-order chi connectivity index (χ0) is 23.4. The Labute approximate surface area is 192 Å². The van der Waals surface area contributed by atoms with Crippen molar-refractivity contribution in [2.24, 2.45) is 5.41 Å². The number of pyridine rings is 1. The Kier molecular flexibility index (Phi) is 6.80. The van der Waals surface area contributed by atoms with E-state index in [2.05, 4.69) is 14.9 Å². The summed E-state index contributed by atoms with van der Waals surface area (Å²) in [6.45, 7) is 5.51. The first-order chi connectivity index (χ1) is 15.9. The van der Waals surface area contributed by atoms with Gasteiger partial charge in [0.15, 0.2) is 0 Å². The molecule has 0 bridgehead atoms. The standard InChI is InChI=1S/C23H28N4O3.CH2O2/c1-16-4-5-18(30-16)14-26-9-6-23(7-10-26)12-17(28)13-27(15-23)22(29)21-11-20-19(25-21)3-2-8-24-20;2-1-3/h2-5,8,11,17,25,28H,6-7,9-10,12-15H2,1H3;1H,(H,2,3). The molecule has 9 nitrogen and oxygen atoms in total. The summed E-state index contributed by atoms with van der Waals surface area (Å²) in [6, 6.07) is 9.62. The van der Waals surface area contributed by atoms with E-state index in [0.29, 0.717) is 18.8 Å². The molecule has 5 heterocycles. The van der Waals surface area contributed by atoms with E-state index in [1.807, 2.05) is 36.1 Å². The van der Waals surface area contributed by atoms with Gasteiger partial charge in [0.05, 0.1) is 23.7 Å². The van der Waals surface area contributed by atoms with E-state index in [0.717, 1.165) is 61.5 Å². The predicted molar refractivity (Wildman–Crippen MR) is 122 cm³/mol. The third kappa shape index (κ3) is 5.26. The highest BCUT2D eigenvalue weighted by Crippen LogP contribution is 2.40. The molecule has 3 N–H and O–H groups in total. The molecular formula is C24H30N4O5. The van der Waals surface area contributed by atoms with Crippen LogP contribution in [0.3, 0.4) is 0 Å². The second-order valence-corrected chi connectivity index (χ2v) is 9.06. The van der Waals surface area contributed by atoms with Crippen molar-refractivity contribution in [3.8, 4) is 0 Å². The van der Waals surface area contributed by atoms with Gasteiger partial charge in [0.1, 0.15) is 17.2 Å². The van der Waals surface area contributed by atoms with Crippen LogP contribution in [-0.2, 0) is 11.3 Å². The number of aromatic nitrogens is 2. The number of nitrogens with one attached hydrogen (secondary N) is 1. The van der Waals surface area contributed by atoms with Gasteiger partial charge in [0.25, 0.3) is 12.4 Å². The number of aromatic amines is 1. The van der Waals surface area contributed by atoms with Crippen molar-refractivity contribution in [1.82, 2.24) is 19.8 Å². The van der Waals surface area contributed by atoms with Crippen LogP contribution in [0.15, 0.2) is 40.9 Å². The van der Waals surface area contributed by atoms with Gasteiger partial charge in [-0.15, -0.1) is 0 Å². The number of aliphatic hydroxyl groups excluding tert-OH is 1. The van der Waals surface area contributed by atoms with Gasteiger partial charge >= 0.3 is 0 Å². The minimum Gasteiger partial charge on any atom is -0.483 e. The highest BCUT2D eigenvalue weighted by Gasteiger charge is 2.43. The maximum atomic E-state index is 13.2. The van der Waals surface area contributed by atoms with E-state index in [9.17, 15) is 9.90 Å². The van der Waals surface area contributed by atoms with Crippen LogP contribution in [0.4, 0.5) is 0 Å². The highest BCUT2D eigenvalue weighted by molar-refractivity contribution is 5.97. The van der Waals surface area contributed by atoms with Gasteiger partial charge in [-0.3, -0.25) is 19.5 Å². The Morgan fingerprint density at radius 1 is 1.33 bits per heavy atom. The van der Waals surface area contributed by atoms with Crippen molar-refractivity contribution in [2.45, 2.75) is 38.8 Å². The summed E-state index contributed by atoms with van der Waals surface area (Å²) in [6.07, 6.45) is 3.95. The molecule has 1 unspecified atom stereocenters. The topological polar surface area (TPSA) is 123 Å². The molecule has 0 aromatic carbocycles. The fraction of sp³-hybridized carbons (Fsp3) is 0.458. The summed E-state index contributed by atoms with van der Waals surface area (Å²) in [4.78, 5) is 33.3. The molecule has 5 rings (SSSR count). The van der Waals surface area contributed by atoms with Crippen LogP contribution in [0, 0.1) is 12.3 Å². The number of carbonyl (C=O) groups excluding carboxylic acids is 1. The molecule has 2 saturated heterocycles. The lowest BCUT2D eigenvalue weighted by atomic mass is 9.71. The Morgan fingerprint density at radius 3 is 2.76 bits per heavy atom. The molecule has 0 aliphatic carbocycles. The van der Waals surface area contributed by atoms with Gasteiger partial charge in [0, 0.05) is 19.3 Å². The summed E-state index contributed by atoms with van der Waals surface area (Å²) in [7, 11) is 0. The van der Waals surface area contributed by atoms with E-state index >= 15 is 0 Å². The van der Waals surface area contributed by atoms with Gasteiger partial charge in [-0.1, -0.05) is 0 Å². The van der Waals surface area contributed by atoms with Gasteiger partial charge in [-0.05, 0) is 75.0 Å². The molecule has 2 aliphatic heterocycles. The lowest BCUT2D eigenvalue weighted by Gasteiger charge is -2.49. The van der Waals surface area contributed by atoms with Crippen LogP contribution < -0.4 is 0 Å². The number of H-pyrrole nitrogens is 1. The zero-order valence-corrected chi connectivity index (χ0v) is 18.7. The number of rotatable bonds is 3. The van der Waals surface area contributed by atoms with Crippen LogP contribution >= 0.6 is 0 Å². The molecule has 176 valence electrons. The molecule has 2 fully saturated rings. The van der Waals surface area contributed by atoms with E-state index < -0.39 is 6.10 Å². The van der Waals surface area contributed by atoms with Crippen molar-refractivity contribution in [1.29, 1.82) is 0 Å². The van der Waals surface area contributed by atoms with E-state index in [-0.39, 0.29) is 17.8 Å². The number of β-amino-alcohol motifs (C(OH)–C–C–N with tert-alkyl or cyclic N) is 1. The van der Waals surface area contributed by atoms with Gasteiger partial charge < -0.3 is 24.5 Å². The Balaban J connectivity index is 0.000000821. The number of aryl methyl sites for hydroxylation is 1. The third-order valence-corrected chi connectivity index (χ3v) is 6.62. The second-order valence-electron chi connectivity index (χ2n) is 9.06. The zero-order valence-electron chi connectivity index (χ0n) is 18.7. The van der Waals surface area contributed by atoms with Crippen molar-refractivity contribution in [3.63, 3.8) is 0 Å². The Morgan fingerprint density at radius 2 is 2.09 bits per heavy atom. The third-order valence-electron chi connectivity index (χ3n) is 6.62. The summed E-state index contributed by atoms with van der Waals surface area (Å²) >= 11 is 0. The summed E-state index contributed by atoms with van der Waals surface area (Å²) in [5.41, 5.74) is 2.16. The second kappa shape index (κ2) is 9.76. The monoisotopic (exact) mass is 454 g/mol. The SMILES string of the molecule is Cc1ccc(CN2CCC3(CC2)CC(O)CN(C(=O)c2cc4ncccc4[nH]2)C3)o1.O=CO. The number of carbonyl (C=O) groups is 2. The van der Waals surface area contributed by atoms with Gasteiger partial charge in [-0.25, -0.2) is 0 Å². The van der Waals surface area contributed by atoms with Crippen LogP contribution in [0.2, 0.25) is 0 Å². The van der Waals surface area contributed by atoms with Gasteiger partial charge in [-0.2, -0.15) is 0 Å². The van der Waals surface area contributed by atoms with Crippen LogP contribution in [0.25, 0.3) is 11.0 Å². The Hall–Kier alpha value is -3.17. The van der Waals surface area contributed by atoms with Crippen molar-refractivity contribution < 1.29 is 24.2 Å². The number of nitrogens with zero attached hydrogens (tertiary/aromatic N) is 3. The number of aliphatic hydroxyl groups is 1. The molecule has 33 heavy (non-hydrogen) atoms. The largest absolute Gasteiger partial charge is 0.483 e. The minimum absolute atomic E-state index is 0.0207. The maximum Gasteiger partial charge on any atom is 0.290 e. The van der Waals surface area contributed by atoms with Crippen molar-refractivity contribution in [3.05, 3.63) is 53.7 Å².